The number of hydrogen-bond acceptors (Lipinski definition) is 3. The van der Waals surface area contributed by atoms with E-state index in [0.29, 0.717) is 5.56 Å². The van der Waals surface area contributed by atoms with Crippen LogP contribution in [0.3, 0.4) is 0 Å². The normalized spacial score (nSPS) is 11.8. The van der Waals surface area contributed by atoms with E-state index in [4.69, 9.17) is 0 Å². The van der Waals surface area contributed by atoms with Gasteiger partial charge < -0.3 is 10.3 Å². The van der Waals surface area contributed by atoms with Gasteiger partial charge in [0.2, 0.25) is 5.56 Å². The van der Waals surface area contributed by atoms with E-state index in [2.05, 4.69) is 15.3 Å². The largest absolute Gasteiger partial charge is 0.344 e. The predicted molar refractivity (Wildman–Crippen MR) is 67.2 cm³/mol. The number of carbonyl (C=O) groups is 1. The van der Waals surface area contributed by atoms with Crippen LogP contribution in [-0.4, -0.2) is 15.9 Å². The summed E-state index contributed by atoms with van der Waals surface area (Å²) >= 11 is 0. The van der Waals surface area contributed by atoms with Gasteiger partial charge in [0.15, 0.2) is 0 Å². The molecule has 0 bridgehead atoms. The smallest absolute Gasteiger partial charge is 0.253 e. The van der Waals surface area contributed by atoms with Crippen molar-refractivity contribution in [2.24, 2.45) is 0 Å². The van der Waals surface area contributed by atoms with E-state index >= 15 is 0 Å². The second-order valence-electron chi connectivity index (χ2n) is 3.89. The lowest BCUT2D eigenvalue weighted by molar-refractivity contribution is 0.0938. The number of pyridine rings is 2. The number of nitrogens with one attached hydrogen (secondary N) is 2. The predicted octanol–water partition coefficient (Wildman–Crippen LogP) is 1.26. The fourth-order valence-corrected chi connectivity index (χ4v) is 1.54. The first-order valence-corrected chi connectivity index (χ1v) is 5.57. The monoisotopic (exact) mass is 243 g/mol. The van der Waals surface area contributed by atoms with E-state index in [1.165, 1.54) is 18.3 Å². The van der Waals surface area contributed by atoms with Crippen LogP contribution in [0.15, 0.2) is 47.5 Å². The standard InChI is InChI=1S/C13H13N3O2/c1-9(11-4-2-3-7-14-11)16-13(18)10-5-6-12(17)15-8-10/h2-9H,1H3,(H,15,17)(H,16,18). The number of aromatic nitrogens is 2. The molecule has 2 rings (SSSR count). The molecule has 5 heteroatoms. The SMILES string of the molecule is CC(NC(=O)c1ccc(=O)[nH]c1)c1ccccn1. The Morgan fingerprint density at radius 3 is 2.78 bits per heavy atom. The van der Waals surface area contributed by atoms with Crippen LogP contribution in [0, 0.1) is 0 Å². The van der Waals surface area contributed by atoms with Gasteiger partial charge in [-0.25, -0.2) is 0 Å². The van der Waals surface area contributed by atoms with Crippen molar-refractivity contribution >= 4 is 5.91 Å². The highest BCUT2D eigenvalue weighted by Gasteiger charge is 2.11. The van der Waals surface area contributed by atoms with Gasteiger partial charge in [0, 0.05) is 18.5 Å². The summed E-state index contributed by atoms with van der Waals surface area (Å²) in [6.45, 7) is 1.85. The van der Waals surface area contributed by atoms with E-state index in [-0.39, 0.29) is 17.5 Å². The van der Waals surface area contributed by atoms with Crippen molar-refractivity contribution in [2.75, 3.05) is 0 Å². The van der Waals surface area contributed by atoms with Gasteiger partial charge in [-0.2, -0.15) is 0 Å². The van der Waals surface area contributed by atoms with E-state index in [0.717, 1.165) is 5.69 Å². The molecular weight excluding hydrogens is 230 g/mol. The lowest BCUT2D eigenvalue weighted by Gasteiger charge is -2.12. The molecular formula is C13H13N3O2. The van der Waals surface area contributed by atoms with Crippen molar-refractivity contribution < 1.29 is 4.79 Å². The summed E-state index contributed by atoms with van der Waals surface area (Å²) in [7, 11) is 0. The van der Waals surface area contributed by atoms with Crippen LogP contribution in [0.2, 0.25) is 0 Å². The lowest BCUT2D eigenvalue weighted by Crippen LogP contribution is -2.27. The summed E-state index contributed by atoms with van der Waals surface area (Å²) in [6, 6.07) is 8.15. The highest BCUT2D eigenvalue weighted by molar-refractivity contribution is 5.94. The molecule has 1 atom stereocenters. The van der Waals surface area contributed by atoms with E-state index in [9.17, 15) is 9.59 Å². The molecule has 1 unspecified atom stereocenters. The molecule has 0 radical (unpaired) electrons. The number of rotatable bonds is 3. The topological polar surface area (TPSA) is 74.8 Å². The van der Waals surface area contributed by atoms with Gasteiger partial charge in [-0.05, 0) is 25.1 Å². The Kier molecular flexibility index (Phi) is 3.52. The second-order valence-corrected chi connectivity index (χ2v) is 3.89. The molecule has 0 saturated carbocycles. The molecule has 0 aliphatic heterocycles. The van der Waals surface area contributed by atoms with Crippen molar-refractivity contribution in [2.45, 2.75) is 13.0 Å². The third kappa shape index (κ3) is 2.82. The first-order chi connectivity index (χ1) is 8.66. The fourth-order valence-electron chi connectivity index (χ4n) is 1.54. The Bertz CT molecular complexity index is 572. The Balaban J connectivity index is 2.08. The van der Waals surface area contributed by atoms with E-state index < -0.39 is 0 Å². The lowest BCUT2D eigenvalue weighted by atomic mass is 10.2. The van der Waals surface area contributed by atoms with Crippen LogP contribution >= 0.6 is 0 Å². The van der Waals surface area contributed by atoms with Gasteiger partial charge in [-0.15, -0.1) is 0 Å². The van der Waals surface area contributed by atoms with Crippen molar-refractivity contribution in [1.29, 1.82) is 0 Å². The minimum atomic E-state index is -0.246. The molecule has 0 spiro atoms. The number of hydrogen-bond donors (Lipinski definition) is 2. The van der Waals surface area contributed by atoms with Crippen molar-refractivity contribution in [3.8, 4) is 0 Å². The van der Waals surface area contributed by atoms with Crippen LogP contribution in [-0.2, 0) is 0 Å². The van der Waals surface area contributed by atoms with Gasteiger partial charge in [-0.3, -0.25) is 14.6 Å². The number of amides is 1. The highest BCUT2D eigenvalue weighted by Crippen LogP contribution is 2.08. The maximum absolute atomic E-state index is 11.9. The summed E-state index contributed by atoms with van der Waals surface area (Å²) in [6.07, 6.45) is 3.07. The van der Waals surface area contributed by atoms with Crippen LogP contribution < -0.4 is 10.9 Å². The van der Waals surface area contributed by atoms with Crippen molar-refractivity contribution in [3.05, 3.63) is 64.3 Å². The van der Waals surface area contributed by atoms with Crippen LogP contribution in [0.4, 0.5) is 0 Å². The van der Waals surface area contributed by atoms with Gasteiger partial charge in [0.1, 0.15) is 0 Å². The third-order valence-corrected chi connectivity index (χ3v) is 2.53. The molecule has 1 amide bonds. The first-order valence-electron chi connectivity index (χ1n) is 5.57. The quantitative estimate of drug-likeness (QED) is 0.852. The molecule has 0 aromatic carbocycles. The molecule has 18 heavy (non-hydrogen) atoms. The number of H-pyrrole nitrogens is 1. The molecule has 0 aliphatic carbocycles. The van der Waals surface area contributed by atoms with E-state index in [1.807, 2.05) is 25.1 Å². The Morgan fingerprint density at radius 2 is 2.17 bits per heavy atom. The number of aromatic amines is 1. The fraction of sp³-hybridized carbons (Fsp3) is 0.154. The second kappa shape index (κ2) is 5.27. The van der Waals surface area contributed by atoms with Gasteiger partial charge in [0.25, 0.3) is 5.91 Å². The summed E-state index contributed by atoms with van der Waals surface area (Å²) in [5, 5.41) is 2.81. The van der Waals surface area contributed by atoms with Crippen molar-refractivity contribution in [3.63, 3.8) is 0 Å². The van der Waals surface area contributed by atoms with Crippen LogP contribution in [0.1, 0.15) is 29.0 Å². The zero-order chi connectivity index (χ0) is 13.0. The third-order valence-electron chi connectivity index (χ3n) is 2.53. The Morgan fingerprint density at radius 1 is 1.33 bits per heavy atom. The van der Waals surface area contributed by atoms with Crippen molar-refractivity contribution in [1.82, 2.24) is 15.3 Å². The van der Waals surface area contributed by atoms with E-state index in [1.54, 1.807) is 6.20 Å². The molecule has 2 heterocycles. The number of carbonyl (C=O) groups excluding carboxylic acids is 1. The molecule has 2 aromatic heterocycles. The Labute approximate surface area is 104 Å². The Hall–Kier alpha value is -2.43. The summed E-state index contributed by atoms with van der Waals surface area (Å²) in [5.41, 5.74) is 0.969. The molecule has 5 nitrogen and oxygen atoms in total. The average Bonchev–Trinajstić information content (AvgIpc) is 2.40. The van der Waals surface area contributed by atoms with Gasteiger partial charge in [-0.1, -0.05) is 6.07 Å². The minimum Gasteiger partial charge on any atom is -0.344 e. The molecule has 92 valence electrons. The summed E-state index contributed by atoms with van der Waals surface area (Å²) in [5.74, 6) is -0.246. The molecule has 2 aromatic rings. The summed E-state index contributed by atoms with van der Waals surface area (Å²) in [4.78, 5) is 29.4. The van der Waals surface area contributed by atoms with Crippen LogP contribution in [0.25, 0.3) is 0 Å². The summed E-state index contributed by atoms with van der Waals surface area (Å²) < 4.78 is 0. The molecule has 0 aliphatic rings. The zero-order valence-corrected chi connectivity index (χ0v) is 9.88. The van der Waals surface area contributed by atoms with Crippen LogP contribution in [0.5, 0.6) is 0 Å². The molecule has 0 fully saturated rings. The maximum atomic E-state index is 11.9. The number of nitrogens with zero attached hydrogens (tertiary/aromatic N) is 1. The molecule has 2 N–H and O–H groups in total. The maximum Gasteiger partial charge on any atom is 0.253 e. The highest BCUT2D eigenvalue weighted by atomic mass is 16.2. The van der Waals surface area contributed by atoms with Gasteiger partial charge in [0.05, 0.1) is 17.3 Å². The first kappa shape index (κ1) is 12.0. The average molecular weight is 243 g/mol. The minimum absolute atomic E-state index is 0.189. The zero-order valence-electron chi connectivity index (χ0n) is 9.88. The molecule has 0 saturated heterocycles. The van der Waals surface area contributed by atoms with Gasteiger partial charge >= 0.3 is 0 Å².